The Labute approximate surface area is 166 Å². The molecule has 0 atom stereocenters. The van der Waals surface area contributed by atoms with E-state index < -0.39 is 0 Å². The maximum absolute atomic E-state index is 4.75. The van der Waals surface area contributed by atoms with E-state index in [0.717, 1.165) is 40.9 Å². The lowest BCUT2D eigenvalue weighted by Gasteiger charge is -2.33. The monoisotopic (exact) mass is 381 g/mol. The molecule has 5 nitrogen and oxygen atoms in total. The van der Waals surface area contributed by atoms with E-state index in [1.807, 2.05) is 25.1 Å². The van der Waals surface area contributed by atoms with Gasteiger partial charge in [-0.2, -0.15) is 0 Å². The zero-order valence-electron chi connectivity index (χ0n) is 16.0. The normalized spacial score (nSPS) is 22.6. The van der Waals surface area contributed by atoms with Crippen molar-refractivity contribution in [1.29, 1.82) is 0 Å². The van der Waals surface area contributed by atoms with Gasteiger partial charge in [0.25, 0.3) is 0 Å². The molecule has 3 aliphatic rings. The van der Waals surface area contributed by atoms with Gasteiger partial charge in [-0.25, -0.2) is 4.98 Å². The Hall–Kier alpha value is -2.05. The Morgan fingerprint density at radius 3 is 2.67 bits per heavy atom. The largest absolute Gasteiger partial charge is 0.367 e. The van der Waals surface area contributed by atoms with Crippen molar-refractivity contribution in [3.05, 3.63) is 47.8 Å². The molecule has 142 valence electrons. The van der Waals surface area contributed by atoms with Gasteiger partial charge in [0.05, 0.1) is 5.69 Å². The van der Waals surface area contributed by atoms with Crippen LogP contribution in [-0.2, 0) is 0 Å². The molecule has 2 aromatic rings. The van der Waals surface area contributed by atoms with E-state index in [9.17, 15) is 0 Å². The number of hydrogen-bond acceptors (Lipinski definition) is 5. The highest BCUT2D eigenvalue weighted by Gasteiger charge is 2.29. The summed E-state index contributed by atoms with van der Waals surface area (Å²) in [5, 5.41) is 3.40. The van der Waals surface area contributed by atoms with Gasteiger partial charge < -0.3 is 15.1 Å². The van der Waals surface area contributed by atoms with Crippen LogP contribution in [0.2, 0.25) is 0 Å². The number of aliphatic imine (C=N–C) groups is 1. The highest BCUT2D eigenvalue weighted by molar-refractivity contribution is 7.80. The lowest BCUT2D eigenvalue weighted by atomic mass is 10.0. The number of benzene rings is 1. The summed E-state index contributed by atoms with van der Waals surface area (Å²) in [7, 11) is 1.78. The predicted octanol–water partition coefficient (Wildman–Crippen LogP) is 3.45. The van der Waals surface area contributed by atoms with Crippen LogP contribution >= 0.6 is 12.6 Å². The second-order valence-corrected chi connectivity index (χ2v) is 7.81. The fourth-order valence-corrected chi connectivity index (χ4v) is 4.33. The van der Waals surface area contributed by atoms with Gasteiger partial charge in [-0.15, -0.1) is 12.6 Å². The third-order valence-corrected chi connectivity index (χ3v) is 5.95. The van der Waals surface area contributed by atoms with Gasteiger partial charge in [0, 0.05) is 55.5 Å². The third kappa shape index (κ3) is 3.96. The van der Waals surface area contributed by atoms with Gasteiger partial charge in [-0.3, -0.25) is 4.99 Å². The summed E-state index contributed by atoms with van der Waals surface area (Å²) in [6.45, 7) is 6.70. The smallest absolute Gasteiger partial charge is 0.151 e. The summed E-state index contributed by atoms with van der Waals surface area (Å²) in [6.07, 6.45) is 2.52. The highest BCUT2D eigenvalue weighted by atomic mass is 32.1. The standard InChI is InChI=1S/C21H27N5S/c1-15-4-3-5-19(23-15)21(22-2)24-18-7-6-17(14-20(18)27)26-13-12-25-10-8-16(26)9-11-25/h3-7,14,16,27H,8-13H2,1-2H3,(H,22,24). The Kier molecular flexibility index (Phi) is 5.36. The van der Waals surface area contributed by atoms with E-state index in [1.165, 1.54) is 31.6 Å². The minimum Gasteiger partial charge on any atom is -0.367 e. The topological polar surface area (TPSA) is 43.8 Å². The molecule has 0 amide bonds. The average molecular weight is 382 g/mol. The van der Waals surface area contributed by atoms with Crippen molar-refractivity contribution >= 4 is 29.8 Å². The van der Waals surface area contributed by atoms with Crippen LogP contribution < -0.4 is 10.2 Å². The average Bonchev–Trinajstić information content (AvgIpc) is 3.01. The minimum absolute atomic E-state index is 0.652. The summed E-state index contributed by atoms with van der Waals surface area (Å²) in [5.74, 6) is 0.753. The minimum atomic E-state index is 0.652. The second kappa shape index (κ2) is 7.90. The van der Waals surface area contributed by atoms with Crippen LogP contribution in [0, 0.1) is 6.92 Å². The first-order chi connectivity index (χ1) is 13.1. The van der Waals surface area contributed by atoms with Gasteiger partial charge in [0.2, 0.25) is 0 Å². The maximum atomic E-state index is 4.75. The van der Waals surface area contributed by atoms with Crippen LogP contribution in [0.3, 0.4) is 0 Å². The fraction of sp³-hybridized carbons (Fsp3) is 0.429. The zero-order chi connectivity index (χ0) is 18.8. The number of anilines is 2. The van der Waals surface area contributed by atoms with Crippen molar-refractivity contribution < 1.29 is 0 Å². The molecule has 2 bridgehead atoms. The number of amidine groups is 1. The number of pyridine rings is 1. The Morgan fingerprint density at radius 2 is 1.96 bits per heavy atom. The molecule has 5 rings (SSSR count). The maximum Gasteiger partial charge on any atom is 0.151 e. The van der Waals surface area contributed by atoms with Gasteiger partial charge in [-0.05, 0) is 50.1 Å². The van der Waals surface area contributed by atoms with Crippen LogP contribution in [0.4, 0.5) is 11.4 Å². The summed E-state index contributed by atoms with van der Waals surface area (Å²) in [4.78, 5) is 15.0. The molecule has 0 aliphatic carbocycles. The quantitative estimate of drug-likeness (QED) is 0.486. The molecule has 0 spiro atoms. The molecular formula is C21H27N5S. The van der Waals surface area contributed by atoms with Crippen LogP contribution in [0.5, 0.6) is 0 Å². The number of aryl methyl sites for hydroxylation is 1. The summed E-state index contributed by atoms with van der Waals surface area (Å²) < 4.78 is 0. The molecule has 3 fully saturated rings. The lowest BCUT2D eigenvalue weighted by Crippen LogP contribution is -2.37. The van der Waals surface area contributed by atoms with Crippen molar-refractivity contribution in [2.24, 2.45) is 4.99 Å². The number of nitrogens with one attached hydrogen (secondary N) is 1. The van der Waals surface area contributed by atoms with Crippen LogP contribution in [-0.4, -0.2) is 55.0 Å². The van der Waals surface area contributed by atoms with E-state index in [-0.39, 0.29) is 0 Å². The molecule has 6 heteroatoms. The molecule has 27 heavy (non-hydrogen) atoms. The van der Waals surface area contributed by atoms with E-state index in [0.29, 0.717) is 6.04 Å². The van der Waals surface area contributed by atoms with Crippen molar-refractivity contribution in [3.63, 3.8) is 0 Å². The molecule has 3 aliphatic heterocycles. The molecule has 1 aromatic carbocycles. The number of rotatable bonds is 3. The molecule has 1 N–H and O–H groups in total. The van der Waals surface area contributed by atoms with Crippen molar-refractivity contribution in [1.82, 2.24) is 9.88 Å². The summed E-state index contributed by atoms with van der Waals surface area (Å²) in [6, 6.07) is 13.1. The van der Waals surface area contributed by atoms with Gasteiger partial charge in [0.15, 0.2) is 5.84 Å². The summed E-state index contributed by atoms with van der Waals surface area (Å²) >= 11 is 4.75. The SMILES string of the molecule is CN=C(Nc1ccc(N2CCN3CCC2CC3)cc1S)c1cccc(C)n1. The summed E-state index contributed by atoms with van der Waals surface area (Å²) in [5.41, 5.74) is 4.04. The molecule has 1 aromatic heterocycles. The Balaban J connectivity index is 1.55. The van der Waals surface area contributed by atoms with Gasteiger partial charge in [0.1, 0.15) is 5.69 Å². The number of nitrogens with zero attached hydrogens (tertiary/aromatic N) is 4. The van der Waals surface area contributed by atoms with Crippen molar-refractivity contribution in [3.8, 4) is 0 Å². The molecule has 0 unspecified atom stereocenters. The molecule has 4 heterocycles. The third-order valence-electron chi connectivity index (χ3n) is 5.58. The first kappa shape index (κ1) is 18.3. The first-order valence-electron chi connectivity index (χ1n) is 9.64. The number of piperidine rings is 1. The van der Waals surface area contributed by atoms with E-state index in [4.69, 9.17) is 12.6 Å². The Bertz CT molecular complexity index is 842. The molecule has 0 saturated carbocycles. The first-order valence-corrected chi connectivity index (χ1v) is 10.1. The predicted molar refractivity (Wildman–Crippen MR) is 116 cm³/mol. The zero-order valence-corrected chi connectivity index (χ0v) is 16.9. The molecule has 0 radical (unpaired) electrons. The van der Waals surface area contributed by atoms with Crippen LogP contribution in [0.25, 0.3) is 0 Å². The second-order valence-electron chi connectivity index (χ2n) is 7.33. The van der Waals surface area contributed by atoms with Crippen molar-refractivity contribution in [2.45, 2.75) is 30.7 Å². The Morgan fingerprint density at radius 1 is 1.15 bits per heavy atom. The van der Waals surface area contributed by atoms with E-state index >= 15 is 0 Å². The molecular weight excluding hydrogens is 354 g/mol. The number of fused-ring (bicyclic) bond motifs is 4. The van der Waals surface area contributed by atoms with E-state index in [1.54, 1.807) is 7.05 Å². The van der Waals surface area contributed by atoms with Crippen molar-refractivity contribution in [2.75, 3.05) is 43.4 Å². The van der Waals surface area contributed by atoms with Gasteiger partial charge >= 0.3 is 0 Å². The van der Waals surface area contributed by atoms with Gasteiger partial charge in [-0.1, -0.05) is 6.07 Å². The number of aromatic nitrogens is 1. The fourth-order valence-electron chi connectivity index (χ4n) is 4.07. The van der Waals surface area contributed by atoms with E-state index in [2.05, 4.69) is 43.3 Å². The number of hydrogen-bond donors (Lipinski definition) is 2. The molecule has 3 saturated heterocycles. The van der Waals surface area contributed by atoms with Crippen LogP contribution in [0.1, 0.15) is 24.2 Å². The lowest BCUT2D eigenvalue weighted by molar-refractivity contribution is 0.250. The number of thiol groups is 1. The highest BCUT2D eigenvalue weighted by Crippen LogP contribution is 2.31. The van der Waals surface area contributed by atoms with Crippen LogP contribution in [0.15, 0.2) is 46.3 Å².